The van der Waals surface area contributed by atoms with Crippen molar-refractivity contribution < 1.29 is 9.53 Å². The van der Waals surface area contributed by atoms with Gasteiger partial charge in [-0.05, 0) is 12.1 Å². The van der Waals surface area contributed by atoms with Gasteiger partial charge in [0.1, 0.15) is 0 Å². The lowest BCUT2D eigenvalue weighted by molar-refractivity contribution is -0.111. The molecule has 1 aliphatic heterocycles. The van der Waals surface area contributed by atoms with Gasteiger partial charge >= 0.3 is 0 Å². The molecule has 2 rings (SSSR count). The van der Waals surface area contributed by atoms with Crippen LogP contribution >= 0.6 is 0 Å². The van der Waals surface area contributed by atoms with E-state index in [4.69, 9.17) is 4.74 Å². The first-order valence-corrected chi connectivity index (χ1v) is 6.30. The lowest BCUT2D eigenvalue weighted by Crippen LogP contribution is -2.01. The first-order chi connectivity index (χ1) is 9.86. The van der Waals surface area contributed by atoms with E-state index < -0.39 is 5.91 Å². The summed E-state index contributed by atoms with van der Waals surface area (Å²) in [7, 11) is 0. The minimum atomic E-state index is -0.392. The number of amides is 1. The van der Waals surface area contributed by atoms with Crippen LogP contribution in [0.5, 0.6) is 0 Å². The van der Waals surface area contributed by atoms with E-state index in [2.05, 4.69) is 15.0 Å². The summed E-state index contributed by atoms with van der Waals surface area (Å²) < 4.78 is 5.30. The van der Waals surface area contributed by atoms with E-state index in [0.29, 0.717) is 19.8 Å². The second-order valence-corrected chi connectivity index (χ2v) is 3.97. The monoisotopic (exact) mass is 269 g/mol. The summed E-state index contributed by atoms with van der Waals surface area (Å²) in [6.45, 7) is 1.41. The van der Waals surface area contributed by atoms with Crippen LogP contribution in [0, 0.1) is 0 Å². The molecule has 1 aromatic carbocycles. The molecule has 1 aliphatic rings. The molecule has 20 heavy (non-hydrogen) atoms. The average Bonchev–Trinajstić information content (AvgIpc) is 2.48. The first-order valence-electron chi connectivity index (χ1n) is 6.30. The maximum atomic E-state index is 11.5. The summed E-state index contributed by atoms with van der Waals surface area (Å²) in [4.78, 5) is 23.6. The van der Waals surface area contributed by atoms with Crippen LogP contribution in [0.25, 0.3) is 0 Å². The molecule has 0 unspecified atom stereocenters. The summed E-state index contributed by atoms with van der Waals surface area (Å²) in [5.74, 6) is -0.392. The van der Waals surface area contributed by atoms with E-state index in [1.807, 2.05) is 36.4 Å². The van der Waals surface area contributed by atoms with Crippen molar-refractivity contribution in [2.24, 2.45) is 15.0 Å². The second-order valence-electron chi connectivity index (χ2n) is 3.97. The molecule has 5 heteroatoms. The highest BCUT2D eigenvalue weighted by atomic mass is 16.5. The van der Waals surface area contributed by atoms with E-state index in [9.17, 15) is 4.79 Å². The van der Waals surface area contributed by atoms with E-state index in [1.54, 1.807) is 6.21 Å². The molecule has 0 bridgehead atoms. The number of rotatable bonds is 0. The van der Waals surface area contributed by atoms with Gasteiger partial charge in [-0.2, -0.15) is 0 Å². The number of aliphatic imine (C=N–C) groups is 3. The molecule has 0 saturated heterocycles. The number of fused-ring (bicyclic) bond motifs is 1. The van der Waals surface area contributed by atoms with Crippen LogP contribution in [0.3, 0.4) is 0 Å². The zero-order chi connectivity index (χ0) is 14.0. The number of benzene rings is 1. The average molecular weight is 269 g/mol. The zero-order valence-electron chi connectivity index (χ0n) is 11.0. The van der Waals surface area contributed by atoms with Crippen LogP contribution in [0.4, 0.5) is 5.69 Å². The molecule has 102 valence electrons. The lowest BCUT2D eigenvalue weighted by atomic mass is 10.2. The molecule has 0 fully saturated rings. The van der Waals surface area contributed by atoms with Gasteiger partial charge in [-0.15, -0.1) is 0 Å². The van der Waals surface area contributed by atoms with Crippen molar-refractivity contribution in [1.29, 1.82) is 0 Å². The van der Waals surface area contributed by atoms with Gasteiger partial charge in [0.15, 0.2) is 0 Å². The minimum Gasteiger partial charge on any atom is -0.375 e. The van der Waals surface area contributed by atoms with Crippen molar-refractivity contribution in [2.45, 2.75) is 0 Å². The number of carbonyl (C=O) groups is 1. The van der Waals surface area contributed by atoms with Gasteiger partial charge < -0.3 is 4.74 Å². The number of hydrogen-bond donors (Lipinski definition) is 0. The molecule has 5 nitrogen and oxygen atoms in total. The number of allylic oxidation sites excluding steroid dienone is 1. The molecule has 1 heterocycles. The molecule has 1 aromatic rings. The number of carbonyl (C=O) groups excluding carboxylic acids is 1. The third-order valence-electron chi connectivity index (χ3n) is 2.48. The van der Waals surface area contributed by atoms with Gasteiger partial charge in [0, 0.05) is 18.0 Å². The van der Waals surface area contributed by atoms with Crippen LogP contribution in [0.1, 0.15) is 5.56 Å². The van der Waals surface area contributed by atoms with Crippen LogP contribution in [-0.4, -0.2) is 44.3 Å². The number of ether oxygens (including phenoxy) is 1. The molecule has 1 amide bonds. The third kappa shape index (κ3) is 4.70. The lowest BCUT2D eigenvalue weighted by Gasteiger charge is -1.97. The molecule has 0 atom stereocenters. The topological polar surface area (TPSA) is 63.4 Å². The Morgan fingerprint density at radius 3 is 2.95 bits per heavy atom. The van der Waals surface area contributed by atoms with Crippen LogP contribution in [0.15, 0.2) is 51.4 Å². The largest absolute Gasteiger partial charge is 0.375 e. The maximum Gasteiger partial charge on any atom is 0.287 e. The highest BCUT2D eigenvalue weighted by molar-refractivity contribution is 6.28. The fraction of sp³-hybridized carbons (Fsp3) is 0.200. The standard InChI is InChI=1S/C15H15N3O2/c19-15-12-16-8-10-20-9-4-3-7-17-14-6-2-1-5-13(14)11-18-15/h1-7,11-12H,8-10H2/b4-3-,16-12?,17-7?,18-11?. The third-order valence-corrected chi connectivity index (χ3v) is 2.48. The molecule has 0 saturated carbocycles. The maximum absolute atomic E-state index is 11.5. The normalized spacial score (nSPS) is 18.1. The van der Waals surface area contributed by atoms with Gasteiger partial charge in [-0.3, -0.25) is 14.8 Å². The van der Waals surface area contributed by atoms with Crippen molar-refractivity contribution in [3.63, 3.8) is 0 Å². The molecule has 0 aromatic heterocycles. The number of para-hydroxylation sites is 1. The molecule has 0 N–H and O–H groups in total. The van der Waals surface area contributed by atoms with Gasteiger partial charge in [0.05, 0.1) is 31.7 Å². The van der Waals surface area contributed by atoms with Crippen molar-refractivity contribution >= 4 is 30.2 Å². The summed E-state index contributed by atoms with van der Waals surface area (Å²) in [6, 6.07) is 7.47. The summed E-state index contributed by atoms with van der Waals surface area (Å²) in [5, 5.41) is 0. The first kappa shape index (κ1) is 14.0. The SMILES string of the molecule is O=C1C=NCCOC/C=C\C=Nc2ccccc2C=N1. The summed E-state index contributed by atoms with van der Waals surface area (Å²) >= 11 is 0. The predicted molar refractivity (Wildman–Crippen MR) is 80.5 cm³/mol. The van der Waals surface area contributed by atoms with Gasteiger partial charge in [-0.1, -0.05) is 24.3 Å². The predicted octanol–water partition coefficient (Wildman–Crippen LogP) is 1.99. The Morgan fingerprint density at radius 2 is 2.00 bits per heavy atom. The Kier molecular flexibility index (Phi) is 5.54. The van der Waals surface area contributed by atoms with E-state index in [1.165, 1.54) is 12.4 Å². The highest BCUT2D eigenvalue weighted by Gasteiger charge is 1.98. The molecule has 0 aliphatic carbocycles. The van der Waals surface area contributed by atoms with Gasteiger partial charge in [0.2, 0.25) is 0 Å². The molecule has 0 spiro atoms. The van der Waals surface area contributed by atoms with Gasteiger partial charge in [-0.25, -0.2) is 4.99 Å². The quantitative estimate of drug-likeness (QED) is 0.723. The van der Waals surface area contributed by atoms with Gasteiger partial charge in [0.25, 0.3) is 5.91 Å². The van der Waals surface area contributed by atoms with Crippen molar-refractivity contribution in [2.75, 3.05) is 19.8 Å². The van der Waals surface area contributed by atoms with E-state index in [0.717, 1.165) is 11.3 Å². The molecule has 0 radical (unpaired) electrons. The Labute approximate surface area is 117 Å². The fourth-order valence-electron chi connectivity index (χ4n) is 1.53. The van der Waals surface area contributed by atoms with Crippen LogP contribution in [0.2, 0.25) is 0 Å². The second kappa shape index (κ2) is 7.91. The highest BCUT2D eigenvalue weighted by Crippen LogP contribution is 2.16. The Hall–Kier alpha value is -2.40. The minimum absolute atomic E-state index is 0.392. The van der Waals surface area contributed by atoms with Crippen molar-refractivity contribution in [1.82, 2.24) is 0 Å². The van der Waals surface area contributed by atoms with Crippen molar-refractivity contribution in [3.8, 4) is 0 Å². The van der Waals surface area contributed by atoms with E-state index >= 15 is 0 Å². The van der Waals surface area contributed by atoms with Crippen LogP contribution in [-0.2, 0) is 9.53 Å². The molecular formula is C15H15N3O2. The van der Waals surface area contributed by atoms with Crippen molar-refractivity contribution in [3.05, 3.63) is 42.0 Å². The summed E-state index contributed by atoms with van der Waals surface area (Å²) in [6.07, 6.45) is 8.09. The van der Waals surface area contributed by atoms with E-state index in [-0.39, 0.29) is 0 Å². The molecular weight excluding hydrogens is 254 g/mol. The Morgan fingerprint density at radius 1 is 1.10 bits per heavy atom. The zero-order valence-corrected chi connectivity index (χ0v) is 11.0. The Bertz CT molecular complexity index is 574. The Balaban J connectivity index is 2.25. The summed E-state index contributed by atoms with van der Waals surface area (Å²) in [5.41, 5.74) is 1.53. The fourth-order valence-corrected chi connectivity index (χ4v) is 1.53. The number of nitrogens with zero attached hydrogens (tertiary/aromatic N) is 3. The number of hydrogen-bond acceptors (Lipinski definition) is 4. The van der Waals surface area contributed by atoms with Crippen LogP contribution < -0.4 is 0 Å². The smallest absolute Gasteiger partial charge is 0.287 e.